The molecule has 2 aromatic rings. The summed E-state index contributed by atoms with van der Waals surface area (Å²) in [6, 6.07) is 10.00. The van der Waals surface area contributed by atoms with Crippen molar-refractivity contribution in [3.05, 3.63) is 58.9 Å². The molecule has 5 nitrogen and oxygen atoms in total. The van der Waals surface area contributed by atoms with Crippen LogP contribution in [0.4, 0.5) is 0 Å². The van der Waals surface area contributed by atoms with Gasteiger partial charge in [-0.3, -0.25) is 14.6 Å². The minimum absolute atomic E-state index is 0.135. The standard InChI is InChI=1S/C22H25NO4/c1-14-15(2)23-16(3)20(22(14)17-8-6-5-7-9-17)11-10-18(24)12-19(25)13-21(26)27-4/h5-11,18,24H,12-13H2,1-4H3/b11-10+. The first-order valence-corrected chi connectivity index (χ1v) is 8.81. The van der Waals surface area contributed by atoms with E-state index in [1.54, 1.807) is 12.2 Å². The number of rotatable bonds is 7. The van der Waals surface area contributed by atoms with Crippen LogP contribution in [0.15, 0.2) is 36.4 Å². The summed E-state index contributed by atoms with van der Waals surface area (Å²) in [4.78, 5) is 27.5. The third-order valence-corrected chi connectivity index (χ3v) is 4.47. The highest BCUT2D eigenvalue weighted by atomic mass is 16.5. The number of hydrogen-bond acceptors (Lipinski definition) is 5. The Morgan fingerprint density at radius 2 is 1.81 bits per heavy atom. The number of aliphatic hydroxyl groups is 1. The van der Waals surface area contributed by atoms with Gasteiger partial charge in [0, 0.05) is 23.4 Å². The molecule has 1 N–H and O–H groups in total. The fraction of sp³-hybridized carbons (Fsp3) is 0.318. The summed E-state index contributed by atoms with van der Waals surface area (Å²) in [5, 5.41) is 10.2. The maximum absolute atomic E-state index is 11.8. The number of nitrogens with zero attached hydrogens (tertiary/aromatic N) is 1. The number of ether oxygens (including phenoxy) is 1. The first-order valence-electron chi connectivity index (χ1n) is 8.81. The number of carbonyl (C=O) groups is 2. The van der Waals surface area contributed by atoms with Gasteiger partial charge in [-0.15, -0.1) is 0 Å². The van der Waals surface area contributed by atoms with Gasteiger partial charge < -0.3 is 9.84 Å². The molecule has 0 aliphatic rings. The maximum Gasteiger partial charge on any atom is 0.313 e. The maximum atomic E-state index is 11.8. The fourth-order valence-electron chi connectivity index (χ4n) is 2.95. The number of aliphatic hydroxyl groups excluding tert-OH is 1. The first-order chi connectivity index (χ1) is 12.8. The Balaban J connectivity index is 2.30. The summed E-state index contributed by atoms with van der Waals surface area (Å²) in [7, 11) is 1.23. The van der Waals surface area contributed by atoms with E-state index in [4.69, 9.17) is 0 Å². The Bertz CT molecular complexity index is 856. The molecule has 0 saturated carbocycles. The lowest BCUT2D eigenvalue weighted by Crippen LogP contribution is -2.15. The molecule has 0 spiro atoms. The third-order valence-electron chi connectivity index (χ3n) is 4.47. The lowest BCUT2D eigenvalue weighted by molar-refractivity contribution is -0.143. The van der Waals surface area contributed by atoms with Crippen molar-refractivity contribution >= 4 is 17.8 Å². The van der Waals surface area contributed by atoms with Crippen LogP contribution in [0.25, 0.3) is 17.2 Å². The second kappa shape index (κ2) is 9.24. The zero-order valence-corrected chi connectivity index (χ0v) is 16.2. The highest BCUT2D eigenvalue weighted by Gasteiger charge is 2.15. The Kier molecular flexibility index (Phi) is 7.02. The summed E-state index contributed by atoms with van der Waals surface area (Å²) in [6.07, 6.45) is 1.92. The molecule has 1 aromatic heterocycles. The van der Waals surface area contributed by atoms with E-state index in [1.807, 2.05) is 51.1 Å². The zero-order chi connectivity index (χ0) is 20.0. The summed E-state index contributed by atoms with van der Waals surface area (Å²) >= 11 is 0. The van der Waals surface area contributed by atoms with E-state index in [1.165, 1.54) is 7.11 Å². The molecular formula is C22H25NO4. The second-order valence-corrected chi connectivity index (χ2v) is 6.48. The Morgan fingerprint density at radius 3 is 2.44 bits per heavy atom. The van der Waals surface area contributed by atoms with Crippen molar-refractivity contribution in [1.82, 2.24) is 4.98 Å². The van der Waals surface area contributed by atoms with Crippen molar-refractivity contribution in [2.45, 2.75) is 39.7 Å². The van der Waals surface area contributed by atoms with Crippen LogP contribution in [0.1, 0.15) is 35.4 Å². The van der Waals surface area contributed by atoms with Gasteiger partial charge in [-0.1, -0.05) is 42.5 Å². The first kappa shape index (κ1) is 20.5. The molecule has 27 heavy (non-hydrogen) atoms. The Morgan fingerprint density at radius 1 is 1.15 bits per heavy atom. The zero-order valence-electron chi connectivity index (χ0n) is 16.2. The molecule has 142 valence electrons. The lowest BCUT2D eigenvalue weighted by atomic mass is 9.93. The highest BCUT2D eigenvalue weighted by molar-refractivity contribution is 5.95. The lowest BCUT2D eigenvalue weighted by Gasteiger charge is -2.15. The van der Waals surface area contributed by atoms with E-state index < -0.39 is 12.1 Å². The molecule has 1 aromatic carbocycles. The van der Waals surface area contributed by atoms with Crippen molar-refractivity contribution < 1.29 is 19.4 Å². The van der Waals surface area contributed by atoms with Crippen LogP contribution in [0.2, 0.25) is 0 Å². The third kappa shape index (κ3) is 5.34. The quantitative estimate of drug-likeness (QED) is 0.598. The van der Waals surface area contributed by atoms with Crippen LogP contribution < -0.4 is 0 Å². The number of methoxy groups -OCH3 is 1. The average molecular weight is 367 g/mol. The van der Waals surface area contributed by atoms with Gasteiger partial charge in [-0.05, 0) is 37.5 Å². The van der Waals surface area contributed by atoms with Crippen LogP contribution >= 0.6 is 0 Å². The van der Waals surface area contributed by atoms with Gasteiger partial charge in [-0.2, -0.15) is 0 Å². The van der Waals surface area contributed by atoms with Crippen molar-refractivity contribution in [2.75, 3.05) is 7.11 Å². The molecule has 0 saturated heterocycles. The molecule has 1 atom stereocenters. The van der Waals surface area contributed by atoms with Gasteiger partial charge in [0.05, 0.1) is 13.2 Å². The average Bonchev–Trinajstić information content (AvgIpc) is 2.63. The Hall–Kier alpha value is -2.79. The van der Waals surface area contributed by atoms with Gasteiger partial charge in [0.2, 0.25) is 0 Å². The van der Waals surface area contributed by atoms with Crippen molar-refractivity contribution in [3.8, 4) is 11.1 Å². The number of aryl methyl sites for hydroxylation is 2. The minimum atomic E-state index is -0.980. The molecular weight excluding hydrogens is 342 g/mol. The van der Waals surface area contributed by atoms with Crippen LogP contribution in [-0.4, -0.2) is 35.1 Å². The molecule has 1 heterocycles. The van der Waals surface area contributed by atoms with Crippen LogP contribution in [-0.2, 0) is 14.3 Å². The van der Waals surface area contributed by atoms with Crippen LogP contribution in [0.3, 0.4) is 0 Å². The predicted molar refractivity (Wildman–Crippen MR) is 105 cm³/mol. The minimum Gasteiger partial charge on any atom is -0.469 e. The number of ketones is 1. The number of esters is 1. The monoisotopic (exact) mass is 367 g/mol. The fourth-order valence-corrected chi connectivity index (χ4v) is 2.95. The van der Waals surface area contributed by atoms with Crippen LogP contribution in [0, 0.1) is 20.8 Å². The van der Waals surface area contributed by atoms with E-state index in [2.05, 4.69) is 9.72 Å². The summed E-state index contributed by atoms with van der Waals surface area (Å²) in [5.41, 5.74) is 5.91. The van der Waals surface area contributed by atoms with Gasteiger partial charge in [0.25, 0.3) is 0 Å². The largest absolute Gasteiger partial charge is 0.469 e. The molecule has 0 aliphatic carbocycles. The molecule has 0 fully saturated rings. The van der Waals surface area contributed by atoms with E-state index in [0.29, 0.717) is 0 Å². The Labute approximate surface area is 159 Å². The van der Waals surface area contributed by atoms with E-state index >= 15 is 0 Å². The van der Waals surface area contributed by atoms with Crippen LogP contribution in [0.5, 0.6) is 0 Å². The molecule has 0 amide bonds. The van der Waals surface area contributed by atoms with Crippen molar-refractivity contribution in [2.24, 2.45) is 0 Å². The molecule has 0 radical (unpaired) electrons. The molecule has 0 aliphatic heterocycles. The molecule has 2 rings (SSSR count). The highest BCUT2D eigenvalue weighted by Crippen LogP contribution is 2.31. The van der Waals surface area contributed by atoms with E-state index in [0.717, 1.165) is 33.6 Å². The topological polar surface area (TPSA) is 76.5 Å². The molecule has 1 unspecified atom stereocenters. The summed E-state index contributed by atoms with van der Waals surface area (Å²) in [5.74, 6) is -0.964. The summed E-state index contributed by atoms with van der Waals surface area (Å²) in [6.45, 7) is 5.92. The normalized spacial score (nSPS) is 12.2. The van der Waals surface area contributed by atoms with Gasteiger partial charge >= 0.3 is 5.97 Å². The SMILES string of the molecule is COC(=O)CC(=O)CC(O)/C=C/c1c(C)nc(C)c(C)c1-c1ccccc1. The van der Waals surface area contributed by atoms with Crippen molar-refractivity contribution in [3.63, 3.8) is 0 Å². The van der Waals surface area contributed by atoms with Gasteiger partial charge in [0.1, 0.15) is 12.2 Å². The second-order valence-electron chi connectivity index (χ2n) is 6.48. The predicted octanol–water partition coefficient (Wildman–Crippen LogP) is 3.57. The van der Waals surface area contributed by atoms with Gasteiger partial charge in [0.15, 0.2) is 0 Å². The van der Waals surface area contributed by atoms with E-state index in [9.17, 15) is 14.7 Å². The number of benzene rings is 1. The number of Topliss-reactive ketones (excluding diaryl/α,β-unsaturated/α-hetero) is 1. The van der Waals surface area contributed by atoms with Crippen molar-refractivity contribution in [1.29, 1.82) is 0 Å². The number of aromatic nitrogens is 1. The number of hydrogen-bond donors (Lipinski definition) is 1. The van der Waals surface area contributed by atoms with Gasteiger partial charge in [-0.25, -0.2) is 0 Å². The van der Waals surface area contributed by atoms with E-state index in [-0.39, 0.29) is 18.6 Å². The molecule has 0 bridgehead atoms. The number of pyridine rings is 1. The smallest absolute Gasteiger partial charge is 0.313 e. The number of carbonyl (C=O) groups excluding carboxylic acids is 2. The molecule has 5 heteroatoms. The summed E-state index contributed by atoms with van der Waals surface area (Å²) < 4.78 is 4.47.